The molecule has 22 heavy (non-hydrogen) atoms. The van der Waals surface area contributed by atoms with Crippen molar-refractivity contribution in [3.05, 3.63) is 47.8 Å². The van der Waals surface area contributed by atoms with Gasteiger partial charge >= 0.3 is 0 Å². The molecule has 1 saturated carbocycles. The van der Waals surface area contributed by atoms with E-state index in [0.29, 0.717) is 6.04 Å². The summed E-state index contributed by atoms with van der Waals surface area (Å²) in [5, 5.41) is 6.84. The van der Waals surface area contributed by atoms with Crippen LogP contribution in [-0.2, 0) is 5.41 Å². The van der Waals surface area contributed by atoms with Gasteiger partial charge in [-0.2, -0.15) is 0 Å². The summed E-state index contributed by atoms with van der Waals surface area (Å²) in [4.78, 5) is 4.29. The topological polar surface area (TPSA) is 36.4 Å². The molecular formula is C17H23FIN3. The van der Waals surface area contributed by atoms with Gasteiger partial charge in [0.25, 0.3) is 0 Å². The van der Waals surface area contributed by atoms with Crippen molar-refractivity contribution in [2.75, 3.05) is 13.6 Å². The molecule has 120 valence electrons. The Kier molecular flexibility index (Phi) is 5.83. The average Bonchev–Trinajstić information content (AvgIpc) is 3.12. The van der Waals surface area contributed by atoms with E-state index in [-0.39, 0.29) is 35.2 Å². The predicted molar refractivity (Wildman–Crippen MR) is 99.4 cm³/mol. The van der Waals surface area contributed by atoms with Crippen LogP contribution in [0.5, 0.6) is 0 Å². The van der Waals surface area contributed by atoms with Crippen LogP contribution < -0.4 is 10.6 Å². The second-order valence-electron chi connectivity index (χ2n) is 6.00. The summed E-state index contributed by atoms with van der Waals surface area (Å²) in [6.07, 6.45) is 8.70. The molecule has 0 radical (unpaired) electrons. The molecule has 0 unspecified atom stereocenters. The third-order valence-electron chi connectivity index (χ3n) is 4.46. The van der Waals surface area contributed by atoms with Crippen molar-refractivity contribution in [1.82, 2.24) is 10.6 Å². The molecule has 1 aromatic rings. The van der Waals surface area contributed by atoms with Gasteiger partial charge in [0.05, 0.1) is 0 Å². The molecule has 0 spiro atoms. The highest BCUT2D eigenvalue weighted by atomic mass is 127. The minimum Gasteiger partial charge on any atom is -0.356 e. The van der Waals surface area contributed by atoms with Gasteiger partial charge in [0.1, 0.15) is 5.82 Å². The van der Waals surface area contributed by atoms with E-state index in [0.717, 1.165) is 43.8 Å². The SMILES string of the molecule is CN=C(NCC1(c2cccc(F)c2)CC1)NC1CC=CC1.I. The van der Waals surface area contributed by atoms with Crippen molar-refractivity contribution >= 4 is 29.9 Å². The zero-order chi connectivity index (χ0) is 14.7. The molecule has 0 atom stereocenters. The number of guanidine groups is 1. The average molecular weight is 415 g/mol. The van der Waals surface area contributed by atoms with Crippen molar-refractivity contribution in [2.45, 2.75) is 37.1 Å². The Morgan fingerprint density at radius 2 is 2.05 bits per heavy atom. The maximum absolute atomic E-state index is 13.4. The van der Waals surface area contributed by atoms with E-state index in [1.807, 2.05) is 6.07 Å². The van der Waals surface area contributed by atoms with Gasteiger partial charge in [-0.1, -0.05) is 24.3 Å². The van der Waals surface area contributed by atoms with Crippen LogP contribution in [0.15, 0.2) is 41.4 Å². The van der Waals surface area contributed by atoms with Gasteiger partial charge in [0.15, 0.2) is 5.96 Å². The molecule has 2 N–H and O–H groups in total. The lowest BCUT2D eigenvalue weighted by atomic mass is 9.96. The van der Waals surface area contributed by atoms with Gasteiger partial charge in [0, 0.05) is 25.0 Å². The van der Waals surface area contributed by atoms with Crippen molar-refractivity contribution in [3.8, 4) is 0 Å². The molecule has 0 aliphatic heterocycles. The zero-order valence-electron chi connectivity index (χ0n) is 12.8. The van der Waals surface area contributed by atoms with Crippen LogP contribution in [0.2, 0.25) is 0 Å². The molecule has 3 rings (SSSR count). The Hall–Kier alpha value is -1.11. The van der Waals surface area contributed by atoms with Crippen LogP contribution >= 0.6 is 24.0 Å². The number of hydrogen-bond donors (Lipinski definition) is 2. The van der Waals surface area contributed by atoms with Gasteiger partial charge in [-0.25, -0.2) is 4.39 Å². The summed E-state index contributed by atoms with van der Waals surface area (Å²) in [6.45, 7) is 0.802. The van der Waals surface area contributed by atoms with E-state index in [9.17, 15) is 4.39 Å². The third-order valence-corrected chi connectivity index (χ3v) is 4.46. The highest BCUT2D eigenvalue weighted by molar-refractivity contribution is 14.0. The third kappa shape index (κ3) is 4.00. The largest absolute Gasteiger partial charge is 0.356 e. The van der Waals surface area contributed by atoms with E-state index < -0.39 is 0 Å². The fourth-order valence-corrected chi connectivity index (χ4v) is 2.91. The molecule has 5 heteroatoms. The lowest BCUT2D eigenvalue weighted by Gasteiger charge is -2.21. The van der Waals surface area contributed by atoms with Crippen molar-refractivity contribution in [3.63, 3.8) is 0 Å². The molecular weight excluding hydrogens is 392 g/mol. The summed E-state index contributed by atoms with van der Waals surface area (Å²) < 4.78 is 13.4. The van der Waals surface area contributed by atoms with E-state index >= 15 is 0 Å². The number of nitrogens with zero attached hydrogens (tertiary/aromatic N) is 1. The number of benzene rings is 1. The first kappa shape index (κ1) is 17.2. The lowest BCUT2D eigenvalue weighted by molar-refractivity contribution is 0.594. The van der Waals surface area contributed by atoms with Gasteiger partial charge in [-0.3, -0.25) is 4.99 Å². The molecule has 0 saturated heterocycles. The fourth-order valence-electron chi connectivity index (χ4n) is 2.91. The highest BCUT2D eigenvalue weighted by Gasteiger charge is 2.44. The van der Waals surface area contributed by atoms with Crippen LogP contribution in [0.3, 0.4) is 0 Å². The number of hydrogen-bond acceptors (Lipinski definition) is 1. The Balaban J connectivity index is 0.00000176. The van der Waals surface area contributed by atoms with Crippen molar-refractivity contribution in [1.29, 1.82) is 0 Å². The molecule has 2 aliphatic carbocycles. The zero-order valence-corrected chi connectivity index (χ0v) is 15.1. The van der Waals surface area contributed by atoms with Crippen LogP contribution in [0.4, 0.5) is 4.39 Å². The molecule has 0 bridgehead atoms. The summed E-state index contributed by atoms with van der Waals surface area (Å²) >= 11 is 0. The summed E-state index contributed by atoms with van der Waals surface area (Å²) in [5.41, 5.74) is 1.17. The van der Waals surface area contributed by atoms with E-state index in [1.165, 1.54) is 6.07 Å². The summed E-state index contributed by atoms with van der Waals surface area (Å²) in [6, 6.07) is 7.42. The summed E-state index contributed by atoms with van der Waals surface area (Å²) in [5.74, 6) is 0.685. The molecule has 1 fully saturated rings. The number of rotatable bonds is 4. The Labute approximate surface area is 148 Å². The maximum Gasteiger partial charge on any atom is 0.191 e. The van der Waals surface area contributed by atoms with Gasteiger partial charge in [0.2, 0.25) is 0 Å². The van der Waals surface area contributed by atoms with Gasteiger partial charge in [-0.05, 0) is 43.4 Å². The Bertz CT molecular complexity index is 559. The molecule has 3 nitrogen and oxygen atoms in total. The normalized spacial score (nSPS) is 19.6. The van der Waals surface area contributed by atoms with Crippen molar-refractivity contribution < 1.29 is 4.39 Å². The van der Waals surface area contributed by atoms with E-state index in [1.54, 1.807) is 19.2 Å². The smallest absolute Gasteiger partial charge is 0.191 e. The van der Waals surface area contributed by atoms with Gasteiger partial charge in [-0.15, -0.1) is 24.0 Å². The first-order valence-corrected chi connectivity index (χ1v) is 7.60. The summed E-state index contributed by atoms with van der Waals surface area (Å²) in [7, 11) is 1.79. The first-order chi connectivity index (χ1) is 10.2. The lowest BCUT2D eigenvalue weighted by Crippen LogP contribution is -2.45. The van der Waals surface area contributed by atoms with E-state index in [2.05, 4.69) is 27.8 Å². The molecule has 0 aromatic heterocycles. The van der Waals surface area contributed by atoms with Crippen LogP contribution in [0, 0.1) is 5.82 Å². The maximum atomic E-state index is 13.4. The number of nitrogens with one attached hydrogen (secondary N) is 2. The van der Waals surface area contributed by atoms with Crippen molar-refractivity contribution in [2.24, 2.45) is 4.99 Å². The van der Waals surface area contributed by atoms with Gasteiger partial charge < -0.3 is 10.6 Å². The van der Waals surface area contributed by atoms with Crippen LogP contribution in [0.25, 0.3) is 0 Å². The Morgan fingerprint density at radius 1 is 1.32 bits per heavy atom. The number of halogens is 2. The molecule has 0 amide bonds. The van der Waals surface area contributed by atoms with Crippen LogP contribution in [-0.4, -0.2) is 25.6 Å². The monoisotopic (exact) mass is 415 g/mol. The molecule has 1 aromatic carbocycles. The molecule has 2 aliphatic rings. The van der Waals surface area contributed by atoms with Crippen LogP contribution in [0.1, 0.15) is 31.2 Å². The Morgan fingerprint density at radius 3 is 2.64 bits per heavy atom. The quantitative estimate of drug-likeness (QED) is 0.343. The minimum atomic E-state index is -0.154. The second-order valence-corrected chi connectivity index (χ2v) is 6.00. The second kappa shape index (κ2) is 7.44. The standard InChI is InChI=1S/C17H22FN3.HI/c1-19-16(21-15-7-2-3-8-15)20-12-17(9-10-17)13-5-4-6-14(18)11-13;/h2-6,11,15H,7-10,12H2,1H3,(H2,19,20,21);1H. The van der Waals surface area contributed by atoms with E-state index in [4.69, 9.17) is 0 Å². The minimum absolute atomic E-state index is 0. The predicted octanol–water partition coefficient (Wildman–Crippen LogP) is 3.36. The first-order valence-electron chi connectivity index (χ1n) is 7.60. The number of aliphatic imine (C=N–C) groups is 1. The molecule has 0 heterocycles. The fraction of sp³-hybridized carbons (Fsp3) is 0.471. The highest BCUT2D eigenvalue weighted by Crippen LogP contribution is 2.47.